The van der Waals surface area contributed by atoms with Crippen molar-refractivity contribution in [1.82, 2.24) is 14.8 Å². The third-order valence-corrected chi connectivity index (χ3v) is 7.17. The Morgan fingerprint density at radius 1 is 1.09 bits per heavy atom. The Labute approximate surface area is 199 Å². The molecule has 0 radical (unpaired) electrons. The number of ketones is 1. The Balaban J connectivity index is 1.62. The number of thioether (sulfide) groups is 1. The van der Waals surface area contributed by atoms with Crippen molar-refractivity contribution < 1.29 is 9.72 Å². The molecule has 1 aromatic heterocycles. The maximum atomic E-state index is 12.7. The second-order valence-electron chi connectivity index (χ2n) is 7.63. The second-order valence-corrected chi connectivity index (χ2v) is 9.39. The number of non-ortho nitro benzene ring substituents is 1. The predicted molar refractivity (Wildman–Crippen MR) is 125 cm³/mol. The first-order chi connectivity index (χ1) is 15.4. The highest BCUT2D eigenvalue weighted by Crippen LogP contribution is 2.36. The minimum atomic E-state index is -0.513. The van der Waals surface area contributed by atoms with Crippen LogP contribution in [0.15, 0.2) is 47.6 Å². The molecule has 0 unspecified atom stereocenters. The van der Waals surface area contributed by atoms with Gasteiger partial charge in [-0.25, -0.2) is 0 Å². The number of carbonyl (C=O) groups is 1. The number of nitrogens with zero attached hydrogens (tertiary/aromatic N) is 4. The van der Waals surface area contributed by atoms with Gasteiger partial charge < -0.3 is 0 Å². The molecule has 1 fully saturated rings. The maximum absolute atomic E-state index is 12.7. The molecule has 1 heterocycles. The smallest absolute Gasteiger partial charge is 0.270 e. The van der Waals surface area contributed by atoms with Crippen LogP contribution in [0.4, 0.5) is 5.69 Å². The van der Waals surface area contributed by atoms with Crippen LogP contribution >= 0.6 is 35.0 Å². The highest BCUT2D eigenvalue weighted by atomic mass is 35.5. The number of nitro benzene ring substituents is 1. The summed E-state index contributed by atoms with van der Waals surface area (Å²) in [5.41, 5.74) is 0.967. The number of halogens is 2. The minimum absolute atomic E-state index is 0.0747. The molecule has 10 heteroatoms. The van der Waals surface area contributed by atoms with E-state index in [2.05, 4.69) is 10.2 Å². The fourth-order valence-corrected chi connectivity index (χ4v) is 5.02. The molecule has 1 aliphatic carbocycles. The lowest BCUT2D eigenvalue weighted by molar-refractivity contribution is -0.384. The van der Waals surface area contributed by atoms with E-state index in [0.717, 1.165) is 37.2 Å². The number of carbonyl (C=O) groups excluding carboxylic acids is 1. The number of rotatable bonds is 7. The van der Waals surface area contributed by atoms with E-state index in [0.29, 0.717) is 20.8 Å². The van der Waals surface area contributed by atoms with Crippen molar-refractivity contribution in [1.29, 1.82) is 0 Å². The van der Waals surface area contributed by atoms with Crippen LogP contribution in [-0.4, -0.2) is 31.2 Å². The van der Waals surface area contributed by atoms with Gasteiger partial charge in [0.25, 0.3) is 5.69 Å². The fraction of sp³-hybridized carbons (Fsp3) is 0.318. The zero-order valence-electron chi connectivity index (χ0n) is 17.0. The van der Waals surface area contributed by atoms with Gasteiger partial charge in [-0.3, -0.25) is 19.5 Å². The summed E-state index contributed by atoms with van der Waals surface area (Å²) >= 11 is 13.6. The van der Waals surface area contributed by atoms with Gasteiger partial charge >= 0.3 is 0 Å². The molecular formula is C22H20Cl2N4O3S. The molecule has 2 aromatic carbocycles. The third-order valence-electron chi connectivity index (χ3n) is 5.50. The molecule has 0 bridgehead atoms. The van der Waals surface area contributed by atoms with Gasteiger partial charge in [0, 0.05) is 23.6 Å². The topological polar surface area (TPSA) is 90.9 Å². The molecule has 0 spiro atoms. The van der Waals surface area contributed by atoms with Crippen LogP contribution < -0.4 is 0 Å². The normalized spacial score (nSPS) is 14.4. The highest BCUT2D eigenvalue weighted by molar-refractivity contribution is 7.99. The maximum Gasteiger partial charge on any atom is 0.270 e. The Hall–Kier alpha value is -2.42. The lowest BCUT2D eigenvalue weighted by atomic mass is 9.88. The number of benzene rings is 2. The molecule has 0 atom stereocenters. The van der Waals surface area contributed by atoms with Crippen molar-refractivity contribution in [2.24, 2.45) is 0 Å². The average molecular weight is 491 g/mol. The van der Waals surface area contributed by atoms with Gasteiger partial charge in [-0.1, -0.05) is 66.4 Å². The van der Waals surface area contributed by atoms with Gasteiger partial charge in [0.2, 0.25) is 0 Å². The fourth-order valence-electron chi connectivity index (χ4n) is 3.87. The van der Waals surface area contributed by atoms with E-state index in [1.165, 1.54) is 36.4 Å². The summed E-state index contributed by atoms with van der Waals surface area (Å²) in [5, 5.41) is 21.3. The zero-order valence-corrected chi connectivity index (χ0v) is 19.4. The summed E-state index contributed by atoms with van der Waals surface area (Å²) in [6, 6.07) is 11.1. The molecule has 4 rings (SSSR count). The lowest BCUT2D eigenvalue weighted by Gasteiger charge is -2.22. The number of hydrogen-bond acceptors (Lipinski definition) is 6. The molecule has 7 nitrogen and oxygen atoms in total. The van der Waals surface area contributed by atoms with Crippen LogP contribution in [0.3, 0.4) is 0 Å². The Morgan fingerprint density at radius 2 is 1.88 bits per heavy atom. The van der Waals surface area contributed by atoms with E-state index in [1.807, 2.05) is 10.6 Å². The molecule has 0 amide bonds. The molecule has 0 aliphatic heterocycles. The standard InChI is InChI=1S/C22H20Cl2N4O3S/c23-18-10-9-16(12-19(18)24)27-21(14-5-2-1-3-6-14)25-26-22(27)32-13-20(29)15-7-4-8-17(11-15)28(30)31/h4,7-12,14H,1-3,5-6,13H2. The third kappa shape index (κ3) is 4.98. The molecule has 0 saturated heterocycles. The molecule has 1 aliphatic rings. The van der Waals surface area contributed by atoms with Crippen LogP contribution in [0.5, 0.6) is 0 Å². The van der Waals surface area contributed by atoms with E-state index in [4.69, 9.17) is 23.2 Å². The molecule has 32 heavy (non-hydrogen) atoms. The average Bonchev–Trinajstić information content (AvgIpc) is 3.24. The largest absolute Gasteiger partial charge is 0.293 e. The predicted octanol–water partition coefficient (Wildman–Crippen LogP) is 6.51. The van der Waals surface area contributed by atoms with E-state index < -0.39 is 4.92 Å². The summed E-state index contributed by atoms with van der Waals surface area (Å²) in [6.45, 7) is 0. The van der Waals surface area contributed by atoms with Crippen molar-refractivity contribution in [3.05, 3.63) is 74.0 Å². The van der Waals surface area contributed by atoms with Gasteiger partial charge in [0.05, 0.1) is 26.4 Å². The summed E-state index contributed by atoms with van der Waals surface area (Å²) in [4.78, 5) is 23.2. The SMILES string of the molecule is O=C(CSc1nnc(C2CCCCC2)n1-c1ccc(Cl)c(Cl)c1)c1cccc([N+](=O)[O-])c1. The van der Waals surface area contributed by atoms with E-state index in [1.54, 1.807) is 18.2 Å². The van der Waals surface area contributed by atoms with Gasteiger partial charge in [0.15, 0.2) is 10.9 Å². The van der Waals surface area contributed by atoms with E-state index in [9.17, 15) is 14.9 Å². The van der Waals surface area contributed by atoms with Crippen LogP contribution in [0, 0.1) is 10.1 Å². The van der Waals surface area contributed by atoms with Crippen LogP contribution in [0.25, 0.3) is 5.69 Å². The first-order valence-corrected chi connectivity index (χ1v) is 12.0. The first kappa shape index (κ1) is 22.8. The van der Waals surface area contributed by atoms with Crippen LogP contribution in [0.1, 0.15) is 54.2 Å². The minimum Gasteiger partial charge on any atom is -0.293 e. The van der Waals surface area contributed by atoms with Gasteiger partial charge in [-0.15, -0.1) is 10.2 Å². The molecule has 166 valence electrons. The Bertz CT molecular complexity index is 1160. The van der Waals surface area contributed by atoms with E-state index in [-0.39, 0.29) is 23.1 Å². The number of hydrogen-bond donors (Lipinski definition) is 0. The van der Waals surface area contributed by atoms with Gasteiger partial charge in [-0.2, -0.15) is 0 Å². The van der Waals surface area contributed by atoms with Crippen LogP contribution in [0.2, 0.25) is 10.0 Å². The van der Waals surface area contributed by atoms with Crippen molar-refractivity contribution in [3.8, 4) is 5.69 Å². The highest BCUT2D eigenvalue weighted by Gasteiger charge is 2.25. The molecule has 0 N–H and O–H groups in total. The summed E-state index contributed by atoms with van der Waals surface area (Å²) in [7, 11) is 0. The number of nitro groups is 1. The lowest BCUT2D eigenvalue weighted by Crippen LogP contribution is -2.12. The molecular weight excluding hydrogens is 471 g/mol. The van der Waals surface area contributed by atoms with Crippen molar-refractivity contribution in [3.63, 3.8) is 0 Å². The van der Waals surface area contributed by atoms with Crippen molar-refractivity contribution >= 4 is 46.4 Å². The number of aromatic nitrogens is 3. The van der Waals surface area contributed by atoms with Crippen molar-refractivity contribution in [2.45, 2.75) is 43.2 Å². The molecule has 3 aromatic rings. The quantitative estimate of drug-likeness (QED) is 0.162. The monoisotopic (exact) mass is 490 g/mol. The number of Topliss-reactive ketones (excluding diaryl/α,β-unsaturated/α-hetero) is 1. The Kier molecular flexibility index (Phi) is 7.13. The summed E-state index contributed by atoms with van der Waals surface area (Å²) in [6.07, 6.45) is 5.59. The Morgan fingerprint density at radius 3 is 2.59 bits per heavy atom. The van der Waals surface area contributed by atoms with E-state index >= 15 is 0 Å². The molecule has 1 saturated carbocycles. The summed E-state index contributed by atoms with van der Waals surface area (Å²) in [5.74, 6) is 0.994. The van der Waals surface area contributed by atoms with Crippen LogP contribution in [-0.2, 0) is 0 Å². The second kappa shape index (κ2) is 10.0. The zero-order chi connectivity index (χ0) is 22.7. The van der Waals surface area contributed by atoms with Gasteiger partial charge in [0.1, 0.15) is 5.82 Å². The first-order valence-electron chi connectivity index (χ1n) is 10.2. The van der Waals surface area contributed by atoms with Crippen molar-refractivity contribution in [2.75, 3.05) is 5.75 Å². The van der Waals surface area contributed by atoms with Gasteiger partial charge in [-0.05, 0) is 31.0 Å². The summed E-state index contributed by atoms with van der Waals surface area (Å²) < 4.78 is 1.95.